The molecule has 0 aliphatic heterocycles. The Kier molecular flexibility index (Phi) is 7.16. The van der Waals surface area contributed by atoms with E-state index in [1.54, 1.807) is 0 Å². The Hall–Kier alpha value is -7.89. The van der Waals surface area contributed by atoms with Crippen molar-refractivity contribution in [2.45, 2.75) is 0 Å². The zero-order valence-electron chi connectivity index (χ0n) is 31.1. The van der Waals surface area contributed by atoms with E-state index in [9.17, 15) is 0 Å². The van der Waals surface area contributed by atoms with Crippen molar-refractivity contribution >= 4 is 65.4 Å². The van der Waals surface area contributed by atoms with Gasteiger partial charge in [0.25, 0.3) is 0 Å². The number of rotatable bonds is 5. The highest BCUT2D eigenvalue weighted by Gasteiger charge is 2.19. The Morgan fingerprint density at radius 1 is 0.293 bits per heavy atom. The van der Waals surface area contributed by atoms with Crippen LogP contribution in [0.3, 0.4) is 0 Å². The van der Waals surface area contributed by atoms with E-state index >= 15 is 0 Å². The van der Waals surface area contributed by atoms with E-state index in [-0.39, 0.29) is 0 Å². The van der Waals surface area contributed by atoms with Gasteiger partial charge in [-0.3, -0.25) is 0 Å². The number of hydrogen-bond donors (Lipinski definition) is 0. The Labute approximate surface area is 332 Å². The maximum absolute atomic E-state index is 6.51. The summed E-state index contributed by atoms with van der Waals surface area (Å²) in [5, 5.41) is 8.96. The standard InChI is InChI=1S/C53H31N3O2/c1-3-12-36-28-38(26-20-32(36)10-1)40-30-45(49-43-15-6-8-19-47(43)57-48(49)31-40)34-22-24-35(25-23-34)51-54-52(39-27-21-33-11-2-4-13-37(33)29-39)56-53(55-51)44-17-9-16-42-41-14-5-7-18-46(41)58-50(42)44/h1-31H. The van der Waals surface area contributed by atoms with Crippen LogP contribution >= 0.6 is 0 Å². The molecule has 9 aromatic carbocycles. The molecule has 58 heavy (non-hydrogen) atoms. The quantitative estimate of drug-likeness (QED) is 0.176. The average Bonchev–Trinajstić information content (AvgIpc) is 3.87. The fraction of sp³-hybridized carbons (Fsp3) is 0. The van der Waals surface area contributed by atoms with Gasteiger partial charge in [0.1, 0.15) is 22.3 Å². The summed E-state index contributed by atoms with van der Waals surface area (Å²) in [5.41, 5.74) is 10.3. The van der Waals surface area contributed by atoms with Crippen molar-refractivity contribution in [3.05, 3.63) is 188 Å². The molecule has 0 radical (unpaired) electrons. The molecule has 0 N–H and O–H groups in total. The van der Waals surface area contributed by atoms with Gasteiger partial charge in [0.2, 0.25) is 0 Å². The van der Waals surface area contributed by atoms with Gasteiger partial charge in [0, 0.05) is 32.7 Å². The Morgan fingerprint density at radius 3 is 1.60 bits per heavy atom. The second kappa shape index (κ2) is 12.8. The molecule has 12 aromatic rings. The molecule has 5 nitrogen and oxygen atoms in total. The van der Waals surface area contributed by atoms with Gasteiger partial charge in [-0.05, 0) is 86.3 Å². The first-order chi connectivity index (χ1) is 28.7. The first kappa shape index (κ1) is 32.4. The van der Waals surface area contributed by atoms with E-state index < -0.39 is 0 Å². The number of benzene rings is 9. The monoisotopic (exact) mass is 741 g/mol. The third-order valence-corrected chi connectivity index (χ3v) is 11.3. The van der Waals surface area contributed by atoms with Gasteiger partial charge < -0.3 is 8.83 Å². The average molecular weight is 742 g/mol. The maximum Gasteiger partial charge on any atom is 0.167 e. The van der Waals surface area contributed by atoms with Crippen LogP contribution in [-0.2, 0) is 0 Å². The van der Waals surface area contributed by atoms with Gasteiger partial charge in [0.05, 0.1) is 5.56 Å². The van der Waals surface area contributed by atoms with Crippen molar-refractivity contribution in [3.8, 4) is 56.4 Å². The molecule has 0 atom stereocenters. The van der Waals surface area contributed by atoms with Crippen molar-refractivity contribution in [3.63, 3.8) is 0 Å². The van der Waals surface area contributed by atoms with Crippen LogP contribution in [0.15, 0.2) is 197 Å². The highest BCUT2D eigenvalue weighted by molar-refractivity contribution is 6.14. The summed E-state index contributed by atoms with van der Waals surface area (Å²) < 4.78 is 13.0. The van der Waals surface area contributed by atoms with Gasteiger partial charge in [-0.2, -0.15) is 0 Å². The van der Waals surface area contributed by atoms with E-state index in [0.29, 0.717) is 17.5 Å². The van der Waals surface area contributed by atoms with Crippen LogP contribution in [0.25, 0.3) is 122 Å². The second-order valence-electron chi connectivity index (χ2n) is 14.8. The number of furan rings is 2. The fourth-order valence-electron chi connectivity index (χ4n) is 8.42. The molecule has 0 saturated heterocycles. The van der Waals surface area contributed by atoms with E-state index in [1.165, 1.54) is 10.8 Å². The Bertz CT molecular complexity index is 3580. The highest BCUT2D eigenvalue weighted by atomic mass is 16.3. The minimum Gasteiger partial charge on any atom is -0.456 e. The molecule has 5 heteroatoms. The summed E-state index contributed by atoms with van der Waals surface area (Å²) in [4.78, 5) is 15.4. The highest BCUT2D eigenvalue weighted by Crippen LogP contribution is 2.41. The van der Waals surface area contributed by atoms with Crippen LogP contribution in [-0.4, -0.2) is 15.0 Å². The molecule has 0 spiro atoms. The number of hydrogen-bond acceptors (Lipinski definition) is 5. The summed E-state index contributed by atoms with van der Waals surface area (Å²) in [7, 11) is 0. The third kappa shape index (κ3) is 5.29. The zero-order chi connectivity index (χ0) is 38.2. The van der Waals surface area contributed by atoms with Gasteiger partial charge >= 0.3 is 0 Å². The molecule has 0 bridgehead atoms. The summed E-state index contributed by atoms with van der Waals surface area (Å²) >= 11 is 0. The Morgan fingerprint density at radius 2 is 0.845 bits per heavy atom. The third-order valence-electron chi connectivity index (χ3n) is 11.3. The van der Waals surface area contributed by atoms with Crippen molar-refractivity contribution in [2.75, 3.05) is 0 Å². The van der Waals surface area contributed by atoms with E-state index in [4.69, 9.17) is 23.8 Å². The SMILES string of the molecule is c1ccc2cc(-c3cc(-c4ccc(-c5nc(-c6ccc7ccccc7c6)nc(-c6cccc7c6oc6ccccc67)n5)cc4)c4c(c3)oc3ccccc34)ccc2c1. The summed E-state index contributed by atoms with van der Waals surface area (Å²) in [6, 6.07) is 65.3. The molecule has 3 heterocycles. The minimum atomic E-state index is 0.552. The number of para-hydroxylation sites is 3. The lowest BCUT2D eigenvalue weighted by molar-refractivity contribution is 0.669. The van der Waals surface area contributed by atoms with Crippen LogP contribution < -0.4 is 0 Å². The molecular weight excluding hydrogens is 711 g/mol. The number of aromatic nitrogens is 3. The molecule has 0 aliphatic carbocycles. The lowest BCUT2D eigenvalue weighted by atomic mass is 9.93. The van der Waals surface area contributed by atoms with Crippen LogP contribution in [0.4, 0.5) is 0 Å². The van der Waals surface area contributed by atoms with Crippen molar-refractivity contribution in [2.24, 2.45) is 0 Å². The predicted octanol–water partition coefficient (Wildman–Crippen LogP) is 14.3. The second-order valence-corrected chi connectivity index (χ2v) is 14.8. The summed E-state index contributed by atoms with van der Waals surface area (Å²) in [6.45, 7) is 0. The van der Waals surface area contributed by atoms with E-state index in [1.807, 2.05) is 42.5 Å². The largest absolute Gasteiger partial charge is 0.456 e. The summed E-state index contributed by atoms with van der Waals surface area (Å²) in [6.07, 6.45) is 0. The van der Waals surface area contributed by atoms with Crippen molar-refractivity contribution in [1.82, 2.24) is 15.0 Å². The molecule has 0 fully saturated rings. The predicted molar refractivity (Wildman–Crippen MR) is 237 cm³/mol. The van der Waals surface area contributed by atoms with Gasteiger partial charge in [0.15, 0.2) is 17.5 Å². The topological polar surface area (TPSA) is 65.0 Å². The maximum atomic E-state index is 6.51. The summed E-state index contributed by atoms with van der Waals surface area (Å²) in [5.74, 6) is 1.73. The molecule has 0 unspecified atom stereocenters. The van der Waals surface area contributed by atoms with E-state index in [0.717, 1.165) is 93.6 Å². The zero-order valence-corrected chi connectivity index (χ0v) is 31.1. The van der Waals surface area contributed by atoms with Crippen molar-refractivity contribution in [1.29, 1.82) is 0 Å². The lowest BCUT2D eigenvalue weighted by Gasteiger charge is -2.11. The lowest BCUT2D eigenvalue weighted by Crippen LogP contribution is -2.00. The molecule has 0 saturated carbocycles. The molecule has 0 amide bonds. The molecule has 0 aliphatic rings. The van der Waals surface area contributed by atoms with Gasteiger partial charge in [-0.1, -0.05) is 146 Å². The molecular formula is C53H31N3O2. The van der Waals surface area contributed by atoms with Crippen LogP contribution in [0.2, 0.25) is 0 Å². The smallest absolute Gasteiger partial charge is 0.167 e. The van der Waals surface area contributed by atoms with Crippen LogP contribution in [0.5, 0.6) is 0 Å². The van der Waals surface area contributed by atoms with Crippen LogP contribution in [0.1, 0.15) is 0 Å². The van der Waals surface area contributed by atoms with E-state index in [2.05, 4.69) is 146 Å². The van der Waals surface area contributed by atoms with Gasteiger partial charge in [-0.25, -0.2) is 15.0 Å². The Balaban J connectivity index is 1.02. The first-order valence-electron chi connectivity index (χ1n) is 19.4. The van der Waals surface area contributed by atoms with Crippen LogP contribution in [0, 0.1) is 0 Å². The normalized spacial score (nSPS) is 11.8. The molecule has 12 rings (SSSR count). The van der Waals surface area contributed by atoms with Crippen molar-refractivity contribution < 1.29 is 8.83 Å². The number of nitrogens with zero attached hydrogens (tertiary/aromatic N) is 3. The minimum absolute atomic E-state index is 0.552. The first-order valence-corrected chi connectivity index (χ1v) is 19.4. The number of fused-ring (bicyclic) bond motifs is 8. The fourth-order valence-corrected chi connectivity index (χ4v) is 8.42. The van der Waals surface area contributed by atoms with Gasteiger partial charge in [-0.15, -0.1) is 0 Å². The molecule has 3 aromatic heterocycles. The molecule has 270 valence electrons.